The van der Waals surface area contributed by atoms with Gasteiger partial charge in [0, 0.05) is 36.8 Å². The monoisotopic (exact) mass is 360 g/mol. The lowest BCUT2D eigenvalue weighted by Gasteiger charge is -2.32. The zero-order chi connectivity index (χ0) is 18.1. The fraction of sp³-hybridized carbons (Fsp3) is 0.300. The molecule has 2 heterocycles. The van der Waals surface area contributed by atoms with Crippen molar-refractivity contribution in [2.45, 2.75) is 25.1 Å². The summed E-state index contributed by atoms with van der Waals surface area (Å²) < 4.78 is 43.7. The molecule has 1 N–H and O–H groups in total. The summed E-state index contributed by atoms with van der Waals surface area (Å²) in [6, 6.07) is 15.2. The van der Waals surface area contributed by atoms with E-state index >= 15 is 0 Å². The highest BCUT2D eigenvalue weighted by atomic mass is 19.4. The van der Waals surface area contributed by atoms with Gasteiger partial charge in [-0.15, -0.1) is 0 Å². The molecule has 26 heavy (non-hydrogen) atoms. The van der Waals surface area contributed by atoms with Gasteiger partial charge < -0.3 is 14.6 Å². The summed E-state index contributed by atoms with van der Waals surface area (Å²) in [4.78, 5) is 5.71. The first kappa shape index (κ1) is 16.8. The van der Waals surface area contributed by atoms with Crippen LogP contribution in [0.3, 0.4) is 0 Å². The molecular weight excluding hydrogens is 341 g/mol. The number of hydrogen-bond acceptors (Lipinski definition) is 2. The molecular formula is C20H19F3N2O. The first-order chi connectivity index (χ1) is 12.5. The van der Waals surface area contributed by atoms with E-state index in [-0.39, 0.29) is 6.10 Å². The Hall–Kier alpha value is -2.63. The van der Waals surface area contributed by atoms with Crippen LogP contribution in [-0.4, -0.2) is 24.2 Å². The number of nitrogens with zero attached hydrogens (tertiary/aromatic N) is 1. The fourth-order valence-electron chi connectivity index (χ4n) is 3.36. The normalized spacial score (nSPS) is 16.2. The molecule has 1 fully saturated rings. The van der Waals surface area contributed by atoms with Crippen molar-refractivity contribution in [1.82, 2.24) is 4.98 Å². The van der Waals surface area contributed by atoms with E-state index in [9.17, 15) is 13.2 Å². The topological polar surface area (TPSA) is 28.3 Å². The smallest absolute Gasteiger partial charge is 0.416 e. The van der Waals surface area contributed by atoms with Crippen LogP contribution in [0, 0.1) is 0 Å². The number of aromatic nitrogens is 1. The van der Waals surface area contributed by atoms with Crippen molar-refractivity contribution >= 4 is 16.7 Å². The average molecular weight is 360 g/mol. The molecule has 0 unspecified atom stereocenters. The molecule has 0 bridgehead atoms. The lowest BCUT2D eigenvalue weighted by molar-refractivity contribution is -0.137. The molecule has 0 aliphatic carbocycles. The van der Waals surface area contributed by atoms with Crippen LogP contribution in [-0.2, 0) is 6.18 Å². The number of aromatic amines is 1. The molecule has 1 aliphatic heterocycles. The summed E-state index contributed by atoms with van der Waals surface area (Å²) >= 11 is 0. The van der Waals surface area contributed by atoms with Crippen LogP contribution in [0.25, 0.3) is 10.9 Å². The molecule has 0 saturated carbocycles. The van der Waals surface area contributed by atoms with Crippen LogP contribution in [0.15, 0.2) is 54.6 Å². The number of ether oxygens (including phenoxy) is 1. The van der Waals surface area contributed by atoms with E-state index in [1.54, 1.807) is 0 Å². The summed E-state index contributed by atoms with van der Waals surface area (Å²) in [7, 11) is 0. The van der Waals surface area contributed by atoms with E-state index in [1.807, 2.05) is 12.1 Å². The number of hydrogen-bond donors (Lipinski definition) is 1. The molecule has 0 amide bonds. The summed E-state index contributed by atoms with van der Waals surface area (Å²) in [6.45, 7) is 1.69. The van der Waals surface area contributed by atoms with Gasteiger partial charge in [-0.1, -0.05) is 18.2 Å². The average Bonchev–Trinajstić information content (AvgIpc) is 3.06. The summed E-state index contributed by atoms with van der Waals surface area (Å²) in [5.74, 6) is 1.58. The first-order valence-corrected chi connectivity index (χ1v) is 8.66. The van der Waals surface area contributed by atoms with Crippen molar-refractivity contribution < 1.29 is 17.9 Å². The molecule has 0 atom stereocenters. The number of alkyl halides is 3. The van der Waals surface area contributed by atoms with Crippen LogP contribution in [0.2, 0.25) is 0 Å². The molecule has 3 aromatic rings. The van der Waals surface area contributed by atoms with Gasteiger partial charge in [0.25, 0.3) is 0 Å². The third-order valence-corrected chi connectivity index (χ3v) is 4.78. The third kappa shape index (κ3) is 3.49. The number of halogens is 3. The molecule has 2 aromatic carbocycles. The number of anilines is 1. The zero-order valence-electron chi connectivity index (χ0n) is 14.1. The number of para-hydroxylation sites is 1. The summed E-state index contributed by atoms with van der Waals surface area (Å²) in [5.41, 5.74) is 0.462. The third-order valence-electron chi connectivity index (χ3n) is 4.78. The Balaban J connectivity index is 1.36. The van der Waals surface area contributed by atoms with Gasteiger partial charge in [-0.3, -0.25) is 0 Å². The second-order valence-corrected chi connectivity index (χ2v) is 6.57. The Kier molecular flexibility index (Phi) is 4.26. The van der Waals surface area contributed by atoms with Crippen molar-refractivity contribution in [2.75, 3.05) is 18.0 Å². The second-order valence-electron chi connectivity index (χ2n) is 6.57. The van der Waals surface area contributed by atoms with Gasteiger partial charge in [-0.25, -0.2) is 0 Å². The van der Waals surface area contributed by atoms with Gasteiger partial charge in [0.2, 0.25) is 0 Å². The minimum atomic E-state index is -4.32. The van der Waals surface area contributed by atoms with Crippen molar-refractivity contribution in [3.05, 3.63) is 60.2 Å². The van der Waals surface area contributed by atoms with E-state index in [0.717, 1.165) is 49.4 Å². The molecule has 1 aromatic heterocycles. The first-order valence-electron chi connectivity index (χ1n) is 8.66. The van der Waals surface area contributed by atoms with Gasteiger partial charge in [-0.2, -0.15) is 13.2 Å². The maximum absolute atomic E-state index is 12.6. The maximum atomic E-state index is 12.6. The fourth-order valence-corrected chi connectivity index (χ4v) is 3.36. The van der Waals surface area contributed by atoms with Crippen molar-refractivity contribution in [2.24, 2.45) is 0 Å². The minimum absolute atomic E-state index is 0.0207. The van der Waals surface area contributed by atoms with Crippen molar-refractivity contribution in [3.8, 4) is 5.75 Å². The van der Waals surface area contributed by atoms with Crippen LogP contribution < -0.4 is 9.64 Å². The van der Waals surface area contributed by atoms with Gasteiger partial charge in [0.15, 0.2) is 0 Å². The van der Waals surface area contributed by atoms with E-state index in [1.165, 1.54) is 17.5 Å². The number of nitrogens with one attached hydrogen (secondary N) is 1. The van der Waals surface area contributed by atoms with Gasteiger partial charge >= 0.3 is 6.18 Å². The predicted octanol–water partition coefficient (Wildman–Crippen LogP) is 5.23. The summed E-state index contributed by atoms with van der Waals surface area (Å²) in [6.07, 6.45) is -2.64. The highest BCUT2D eigenvalue weighted by Crippen LogP contribution is 2.31. The Morgan fingerprint density at radius 3 is 2.31 bits per heavy atom. The lowest BCUT2D eigenvalue weighted by Crippen LogP contribution is -2.38. The quantitative estimate of drug-likeness (QED) is 0.692. The Morgan fingerprint density at radius 1 is 0.962 bits per heavy atom. The van der Waals surface area contributed by atoms with Crippen LogP contribution in [0.4, 0.5) is 19.0 Å². The van der Waals surface area contributed by atoms with Crippen LogP contribution >= 0.6 is 0 Å². The Labute approximate surface area is 149 Å². The predicted molar refractivity (Wildman–Crippen MR) is 95.6 cm³/mol. The van der Waals surface area contributed by atoms with E-state index in [0.29, 0.717) is 5.75 Å². The standard InChI is InChI=1S/C20H19F3N2O/c21-20(22,23)15-5-7-16(8-6-15)26-17-9-11-25(12-10-17)19-13-14-3-1-2-4-18(14)24-19/h1-8,13,17,24H,9-12H2. The van der Waals surface area contributed by atoms with Gasteiger partial charge in [0.1, 0.15) is 17.7 Å². The zero-order valence-corrected chi connectivity index (χ0v) is 14.1. The molecule has 4 rings (SSSR count). The van der Waals surface area contributed by atoms with Gasteiger partial charge in [0.05, 0.1) is 5.56 Å². The summed E-state index contributed by atoms with van der Waals surface area (Å²) in [5, 5.41) is 1.19. The molecule has 3 nitrogen and oxygen atoms in total. The van der Waals surface area contributed by atoms with Crippen LogP contribution in [0.1, 0.15) is 18.4 Å². The highest BCUT2D eigenvalue weighted by Gasteiger charge is 2.30. The van der Waals surface area contributed by atoms with E-state index in [2.05, 4.69) is 28.1 Å². The number of benzene rings is 2. The second kappa shape index (κ2) is 6.59. The van der Waals surface area contributed by atoms with E-state index < -0.39 is 11.7 Å². The molecule has 1 aliphatic rings. The number of rotatable bonds is 3. The van der Waals surface area contributed by atoms with E-state index in [4.69, 9.17) is 4.74 Å². The Bertz CT molecular complexity index is 845. The molecule has 0 radical (unpaired) electrons. The largest absolute Gasteiger partial charge is 0.490 e. The molecule has 6 heteroatoms. The Morgan fingerprint density at radius 2 is 1.65 bits per heavy atom. The molecule has 136 valence electrons. The number of H-pyrrole nitrogens is 1. The maximum Gasteiger partial charge on any atom is 0.416 e. The highest BCUT2D eigenvalue weighted by molar-refractivity contribution is 5.83. The SMILES string of the molecule is FC(F)(F)c1ccc(OC2CCN(c3cc4ccccc4[nH]3)CC2)cc1. The van der Waals surface area contributed by atoms with Crippen LogP contribution in [0.5, 0.6) is 5.75 Å². The molecule has 0 spiro atoms. The lowest BCUT2D eigenvalue weighted by atomic mass is 10.1. The molecule has 1 saturated heterocycles. The van der Waals surface area contributed by atoms with Gasteiger partial charge in [-0.05, 0) is 36.4 Å². The number of fused-ring (bicyclic) bond motifs is 1. The minimum Gasteiger partial charge on any atom is -0.490 e. The van der Waals surface area contributed by atoms with Crippen molar-refractivity contribution in [1.29, 1.82) is 0 Å². The number of piperidine rings is 1. The van der Waals surface area contributed by atoms with Crippen molar-refractivity contribution in [3.63, 3.8) is 0 Å².